The standard InChI is InChI=1S/C17H19N3O5/c1-3-12(2)13-4-6-14(7-5-13)24-11-16(21)19-18-10-15-8-9-17(25-15)20(22)23/h4-10,12H,3,11H2,1-2H3,(H,19,21)/b18-10-. The number of furan rings is 1. The van der Waals surface area contributed by atoms with Crippen LogP contribution in [0.3, 0.4) is 0 Å². The van der Waals surface area contributed by atoms with Gasteiger partial charge in [-0.2, -0.15) is 5.10 Å². The Bertz CT molecular complexity index is 752. The lowest BCUT2D eigenvalue weighted by Crippen LogP contribution is -2.24. The van der Waals surface area contributed by atoms with Crippen LogP contribution in [0.4, 0.5) is 5.88 Å². The average molecular weight is 345 g/mol. The SMILES string of the molecule is CCC(C)c1ccc(OCC(=O)N/N=C\c2ccc([N+](=O)[O-])o2)cc1. The number of ether oxygens (including phenoxy) is 1. The summed E-state index contributed by atoms with van der Waals surface area (Å²) in [5, 5.41) is 14.1. The Balaban J connectivity index is 1.78. The summed E-state index contributed by atoms with van der Waals surface area (Å²) in [6, 6.07) is 10.2. The number of nitro groups is 1. The van der Waals surface area contributed by atoms with Gasteiger partial charge in [-0.15, -0.1) is 0 Å². The summed E-state index contributed by atoms with van der Waals surface area (Å²) in [4.78, 5) is 21.5. The molecule has 1 amide bonds. The Hall–Kier alpha value is -3.16. The molecule has 0 aliphatic carbocycles. The van der Waals surface area contributed by atoms with Crippen LogP contribution in [0.15, 0.2) is 45.9 Å². The molecule has 2 aromatic rings. The molecule has 1 N–H and O–H groups in total. The molecule has 0 radical (unpaired) electrons. The molecular formula is C17H19N3O5. The number of hydrogen-bond donors (Lipinski definition) is 1. The maximum absolute atomic E-state index is 11.7. The quantitative estimate of drug-likeness (QED) is 0.449. The summed E-state index contributed by atoms with van der Waals surface area (Å²) in [6.45, 7) is 4.08. The molecule has 0 saturated carbocycles. The predicted octanol–water partition coefficient (Wildman–Crippen LogP) is 3.23. The second-order valence-electron chi connectivity index (χ2n) is 5.39. The van der Waals surface area contributed by atoms with Gasteiger partial charge >= 0.3 is 5.88 Å². The van der Waals surface area contributed by atoms with E-state index in [9.17, 15) is 14.9 Å². The van der Waals surface area contributed by atoms with Crippen molar-refractivity contribution in [3.63, 3.8) is 0 Å². The van der Waals surface area contributed by atoms with Gasteiger partial charge in [-0.3, -0.25) is 14.9 Å². The first-order valence-electron chi connectivity index (χ1n) is 7.78. The van der Waals surface area contributed by atoms with Gasteiger partial charge in [0.05, 0.1) is 12.3 Å². The van der Waals surface area contributed by atoms with E-state index in [1.807, 2.05) is 24.3 Å². The van der Waals surface area contributed by atoms with E-state index in [-0.39, 0.29) is 12.4 Å². The second kappa shape index (κ2) is 8.62. The van der Waals surface area contributed by atoms with Crippen molar-refractivity contribution in [2.75, 3.05) is 6.61 Å². The van der Waals surface area contributed by atoms with E-state index in [0.717, 1.165) is 6.42 Å². The first kappa shape index (κ1) is 18.2. The fraction of sp³-hybridized carbons (Fsp3) is 0.294. The van der Waals surface area contributed by atoms with Crippen LogP contribution in [0.2, 0.25) is 0 Å². The topological polar surface area (TPSA) is 107 Å². The summed E-state index contributed by atoms with van der Waals surface area (Å²) in [5.41, 5.74) is 3.47. The van der Waals surface area contributed by atoms with Crippen molar-refractivity contribution in [1.29, 1.82) is 0 Å². The number of nitrogens with zero attached hydrogens (tertiary/aromatic N) is 2. The molecule has 1 aromatic heterocycles. The van der Waals surface area contributed by atoms with Gasteiger partial charge in [-0.1, -0.05) is 26.0 Å². The molecular weight excluding hydrogens is 326 g/mol. The molecule has 0 saturated heterocycles. The first-order chi connectivity index (χ1) is 12.0. The van der Waals surface area contributed by atoms with Crippen molar-refractivity contribution >= 4 is 18.0 Å². The van der Waals surface area contributed by atoms with E-state index in [2.05, 4.69) is 24.4 Å². The molecule has 0 aliphatic heterocycles. The third-order valence-corrected chi connectivity index (χ3v) is 3.61. The lowest BCUT2D eigenvalue weighted by Gasteiger charge is -2.10. The van der Waals surface area contributed by atoms with Crippen molar-refractivity contribution in [3.05, 3.63) is 57.8 Å². The highest BCUT2D eigenvalue weighted by Gasteiger charge is 2.10. The largest absolute Gasteiger partial charge is 0.484 e. The van der Waals surface area contributed by atoms with Gasteiger partial charge in [-0.05, 0) is 36.1 Å². The Morgan fingerprint density at radius 3 is 2.68 bits per heavy atom. The van der Waals surface area contributed by atoms with Crippen LogP contribution in [-0.2, 0) is 4.79 Å². The number of rotatable bonds is 8. The summed E-state index contributed by atoms with van der Waals surface area (Å²) in [7, 11) is 0. The predicted molar refractivity (Wildman–Crippen MR) is 91.7 cm³/mol. The van der Waals surface area contributed by atoms with Crippen molar-refractivity contribution in [1.82, 2.24) is 5.43 Å². The number of carbonyl (C=O) groups excluding carboxylic acids is 1. The molecule has 0 aliphatic rings. The van der Waals surface area contributed by atoms with Crippen LogP contribution in [0, 0.1) is 10.1 Å². The van der Waals surface area contributed by atoms with Crippen LogP contribution in [0.1, 0.15) is 37.5 Å². The number of hydrogen-bond acceptors (Lipinski definition) is 6. The van der Waals surface area contributed by atoms with Crippen molar-refractivity contribution < 1.29 is 18.9 Å². The molecule has 1 unspecified atom stereocenters. The molecule has 8 nitrogen and oxygen atoms in total. The molecule has 2 rings (SSSR count). The molecule has 1 atom stereocenters. The molecule has 8 heteroatoms. The normalized spacial score (nSPS) is 12.1. The molecule has 0 bridgehead atoms. The second-order valence-corrected chi connectivity index (χ2v) is 5.39. The van der Waals surface area contributed by atoms with Crippen LogP contribution in [0.25, 0.3) is 0 Å². The fourth-order valence-corrected chi connectivity index (χ4v) is 1.99. The Morgan fingerprint density at radius 1 is 1.36 bits per heavy atom. The number of amides is 1. The third kappa shape index (κ3) is 5.45. The third-order valence-electron chi connectivity index (χ3n) is 3.61. The zero-order chi connectivity index (χ0) is 18.2. The molecule has 0 fully saturated rings. The molecule has 1 aromatic carbocycles. The van der Waals surface area contributed by atoms with Crippen LogP contribution < -0.4 is 10.2 Å². The highest BCUT2D eigenvalue weighted by Crippen LogP contribution is 2.21. The number of nitrogens with one attached hydrogen (secondary N) is 1. The maximum Gasteiger partial charge on any atom is 0.433 e. The van der Waals surface area contributed by atoms with Crippen molar-refractivity contribution in [3.8, 4) is 5.75 Å². The van der Waals surface area contributed by atoms with E-state index in [1.54, 1.807) is 0 Å². The molecule has 25 heavy (non-hydrogen) atoms. The lowest BCUT2D eigenvalue weighted by molar-refractivity contribution is -0.402. The summed E-state index contributed by atoms with van der Waals surface area (Å²) >= 11 is 0. The van der Waals surface area contributed by atoms with E-state index >= 15 is 0 Å². The van der Waals surface area contributed by atoms with Crippen LogP contribution >= 0.6 is 0 Å². The minimum atomic E-state index is -0.656. The van der Waals surface area contributed by atoms with E-state index in [4.69, 9.17) is 9.15 Å². The van der Waals surface area contributed by atoms with Gasteiger partial charge in [0.25, 0.3) is 5.91 Å². The highest BCUT2D eigenvalue weighted by molar-refractivity contribution is 5.81. The maximum atomic E-state index is 11.7. The van der Waals surface area contributed by atoms with Gasteiger partial charge < -0.3 is 9.15 Å². The first-order valence-corrected chi connectivity index (χ1v) is 7.78. The average Bonchev–Trinajstić information content (AvgIpc) is 3.09. The van der Waals surface area contributed by atoms with Gasteiger partial charge in [0, 0.05) is 0 Å². The summed E-state index contributed by atoms with van der Waals surface area (Å²) in [6.07, 6.45) is 2.23. The lowest BCUT2D eigenvalue weighted by atomic mass is 9.99. The molecule has 0 spiro atoms. The number of hydrazone groups is 1. The minimum absolute atomic E-state index is 0.161. The molecule has 132 valence electrons. The Morgan fingerprint density at radius 2 is 2.08 bits per heavy atom. The van der Waals surface area contributed by atoms with Gasteiger partial charge in [-0.25, -0.2) is 5.43 Å². The van der Waals surface area contributed by atoms with Gasteiger partial charge in [0.1, 0.15) is 10.7 Å². The van der Waals surface area contributed by atoms with Crippen molar-refractivity contribution in [2.24, 2.45) is 5.10 Å². The Labute approximate surface area is 144 Å². The van der Waals surface area contributed by atoms with Crippen molar-refractivity contribution in [2.45, 2.75) is 26.2 Å². The zero-order valence-electron chi connectivity index (χ0n) is 14.0. The minimum Gasteiger partial charge on any atom is -0.484 e. The fourth-order valence-electron chi connectivity index (χ4n) is 1.99. The number of benzene rings is 1. The van der Waals surface area contributed by atoms with E-state index < -0.39 is 16.7 Å². The van der Waals surface area contributed by atoms with Gasteiger partial charge in [0.15, 0.2) is 12.4 Å². The summed E-state index contributed by atoms with van der Waals surface area (Å²) in [5.74, 6) is 0.380. The zero-order valence-corrected chi connectivity index (χ0v) is 14.0. The molecule has 1 heterocycles. The van der Waals surface area contributed by atoms with Gasteiger partial charge in [0.2, 0.25) is 0 Å². The number of carbonyl (C=O) groups is 1. The van der Waals surface area contributed by atoms with E-state index in [0.29, 0.717) is 11.7 Å². The summed E-state index contributed by atoms with van der Waals surface area (Å²) < 4.78 is 10.2. The Kier molecular flexibility index (Phi) is 6.27. The monoisotopic (exact) mass is 345 g/mol. The smallest absolute Gasteiger partial charge is 0.433 e. The van der Waals surface area contributed by atoms with E-state index in [1.165, 1.54) is 23.9 Å². The van der Waals surface area contributed by atoms with Crippen LogP contribution in [0.5, 0.6) is 5.75 Å². The van der Waals surface area contributed by atoms with Crippen LogP contribution in [-0.4, -0.2) is 23.7 Å². The highest BCUT2D eigenvalue weighted by atomic mass is 16.6.